The molecule has 0 aliphatic heterocycles. The van der Waals surface area contributed by atoms with Crippen LogP contribution in [0.2, 0.25) is 0 Å². The van der Waals surface area contributed by atoms with Crippen molar-refractivity contribution in [3.63, 3.8) is 0 Å². The second kappa shape index (κ2) is 4.37. The number of aromatic nitrogens is 2. The summed E-state index contributed by atoms with van der Waals surface area (Å²) in [5, 5.41) is 4.08. The van der Waals surface area contributed by atoms with Crippen molar-refractivity contribution in [3.8, 4) is 0 Å². The van der Waals surface area contributed by atoms with Gasteiger partial charge < -0.3 is 5.73 Å². The van der Waals surface area contributed by atoms with E-state index in [2.05, 4.69) is 5.10 Å². The van der Waals surface area contributed by atoms with E-state index in [1.165, 1.54) is 0 Å². The zero-order valence-corrected chi connectivity index (χ0v) is 9.78. The number of carbonyl (C=O) groups excluding carboxylic acids is 1. The molecule has 1 aromatic heterocycles. The zero-order chi connectivity index (χ0) is 11.6. The Morgan fingerprint density at radius 1 is 1.56 bits per heavy atom. The van der Waals surface area contributed by atoms with E-state index in [4.69, 9.17) is 5.73 Å². The normalized spacial score (nSPS) is 18.9. The van der Waals surface area contributed by atoms with Crippen molar-refractivity contribution in [2.75, 3.05) is 6.54 Å². The SMILES string of the molecule is Cn1cc(CC(=O)C2(CN)CCCC2)cn1. The molecule has 0 unspecified atom stereocenters. The Balaban J connectivity index is 2.07. The lowest BCUT2D eigenvalue weighted by Gasteiger charge is -2.25. The quantitative estimate of drug-likeness (QED) is 0.826. The van der Waals surface area contributed by atoms with Crippen molar-refractivity contribution in [1.29, 1.82) is 0 Å². The van der Waals surface area contributed by atoms with Crippen LogP contribution in [0.4, 0.5) is 0 Å². The minimum Gasteiger partial charge on any atom is -0.329 e. The number of aryl methyl sites for hydroxylation is 1. The maximum atomic E-state index is 12.3. The molecule has 0 aromatic carbocycles. The maximum absolute atomic E-state index is 12.3. The number of Topliss-reactive ketones (excluding diaryl/α,β-unsaturated/α-hetero) is 1. The van der Waals surface area contributed by atoms with Gasteiger partial charge in [-0.15, -0.1) is 0 Å². The van der Waals surface area contributed by atoms with Crippen LogP contribution in [0.5, 0.6) is 0 Å². The molecule has 0 amide bonds. The third-order valence-electron chi connectivity index (χ3n) is 3.67. The molecular weight excluding hydrogens is 202 g/mol. The lowest BCUT2D eigenvalue weighted by Crippen LogP contribution is -2.37. The molecule has 0 saturated heterocycles. The molecular formula is C12H19N3O. The summed E-state index contributed by atoms with van der Waals surface area (Å²) >= 11 is 0. The van der Waals surface area contributed by atoms with Crippen molar-refractivity contribution >= 4 is 5.78 Å². The van der Waals surface area contributed by atoms with Gasteiger partial charge in [-0.2, -0.15) is 5.10 Å². The summed E-state index contributed by atoms with van der Waals surface area (Å²) < 4.78 is 1.73. The molecule has 0 radical (unpaired) electrons. The Hall–Kier alpha value is -1.16. The van der Waals surface area contributed by atoms with Crippen molar-refractivity contribution in [1.82, 2.24) is 9.78 Å². The first-order valence-electron chi connectivity index (χ1n) is 5.87. The van der Waals surface area contributed by atoms with Gasteiger partial charge in [-0.05, 0) is 18.4 Å². The molecule has 1 aromatic rings. The molecule has 88 valence electrons. The third-order valence-corrected chi connectivity index (χ3v) is 3.67. The molecule has 4 heteroatoms. The van der Waals surface area contributed by atoms with Crippen LogP contribution in [0, 0.1) is 5.41 Å². The molecule has 1 fully saturated rings. The Bertz CT molecular complexity index is 377. The summed E-state index contributed by atoms with van der Waals surface area (Å²) in [6.45, 7) is 0.492. The smallest absolute Gasteiger partial charge is 0.144 e. The standard InChI is InChI=1S/C12H19N3O/c1-15-8-10(7-14-15)6-11(16)12(9-13)4-2-3-5-12/h7-8H,2-6,9,13H2,1H3. The summed E-state index contributed by atoms with van der Waals surface area (Å²) in [5.41, 5.74) is 6.54. The molecule has 4 nitrogen and oxygen atoms in total. The predicted molar refractivity (Wildman–Crippen MR) is 61.9 cm³/mol. The van der Waals surface area contributed by atoms with Crippen LogP contribution in [0.1, 0.15) is 31.2 Å². The van der Waals surface area contributed by atoms with Crippen LogP contribution in [0.15, 0.2) is 12.4 Å². The first kappa shape index (κ1) is 11.3. The summed E-state index contributed by atoms with van der Waals surface area (Å²) in [5.74, 6) is 0.292. The average Bonchev–Trinajstić information content (AvgIpc) is 2.88. The van der Waals surface area contributed by atoms with E-state index in [1.54, 1.807) is 10.9 Å². The Morgan fingerprint density at radius 2 is 2.25 bits per heavy atom. The second-order valence-electron chi connectivity index (χ2n) is 4.81. The van der Waals surface area contributed by atoms with Gasteiger partial charge in [0.15, 0.2) is 0 Å². The number of ketones is 1. The van der Waals surface area contributed by atoms with Gasteiger partial charge in [0.1, 0.15) is 5.78 Å². The maximum Gasteiger partial charge on any atom is 0.144 e. The van der Waals surface area contributed by atoms with E-state index >= 15 is 0 Å². The Labute approximate surface area is 95.8 Å². The number of nitrogens with zero attached hydrogens (tertiary/aromatic N) is 2. The van der Waals surface area contributed by atoms with E-state index in [1.807, 2.05) is 13.2 Å². The van der Waals surface area contributed by atoms with E-state index in [0.717, 1.165) is 31.2 Å². The second-order valence-corrected chi connectivity index (χ2v) is 4.81. The molecule has 1 aliphatic rings. The van der Waals surface area contributed by atoms with Crippen LogP contribution < -0.4 is 5.73 Å². The highest BCUT2D eigenvalue weighted by molar-refractivity contribution is 5.87. The van der Waals surface area contributed by atoms with Gasteiger partial charge >= 0.3 is 0 Å². The van der Waals surface area contributed by atoms with Crippen molar-refractivity contribution < 1.29 is 4.79 Å². The zero-order valence-electron chi connectivity index (χ0n) is 9.78. The lowest BCUT2D eigenvalue weighted by molar-refractivity contribution is -0.127. The third kappa shape index (κ3) is 2.02. The van der Waals surface area contributed by atoms with Gasteiger partial charge in [0.2, 0.25) is 0 Å². The van der Waals surface area contributed by atoms with Crippen molar-refractivity contribution in [2.45, 2.75) is 32.1 Å². The van der Waals surface area contributed by atoms with Crippen molar-refractivity contribution in [3.05, 3.63) is 18.0 Å². The fourth-order valence-electron chi connectivity index (χ4n) is 2.58. The minimum absolute atomic E-state index is 0.240. The monoisotopic (exact) mass is 221 g/mol. The Morgan fingerprint density at radius 3 is 2.75 bits per heavy atom. The van der Waals surface area contributed by atoms with Crippen LogP contribution in [-0.2, 0) is 18.3 Å². The van der Waals surface area contributed by atoms with Crippen LogP contribution in [-0.4, -0.2) is 22.1 Å². The molecule has 2 N–H and O–H groups in total. The molecule has 1 heterocycles. The summed E-state index contributed by atoms with van der Waals surface area (Å²) in [4.78, 5) is 12.3. The van der Waals surface area contributed by atoms with Gasteiger partial charge in [-0.3, -0.25) is 9.48 Å². The number of nitrogens with two attached hydrogens (primary N) is 1. The van der Waals surface area contributed by atoms with E-state index in [0.29, 0.717) is 18.7 Å². The first-order chi connectivity index (χ1) is 7.66. The highest BCUT2D eigenvalue weighted by atomic mass is 16.1. The van der Waals surface area contributed by atoms with E-state index < -0.39 is 0 Å². The van der Waals surface area contributed by atoms with Crippen LogP contribution in [0.3, 0.4) is 0 Å². The molecule has 2 rings (SSSR count). The molecule has 0 spiro atoms. The Kier molecular flexibility index (Phi) is 3.10. The number of rotatable bonds is 4. The average molecular weight is 221 g/mol. The highest BCUT2D eigenvalue weighted by Crippen LogP contribution is 2.38. The highest BCUT2D eigenvalue weighted by Gasteiger charge is 2.39. The summed E-state index contributed by atoms with van der Waals surface area (Å²) in [6, 6.07) is 0. The predicted octanol–water partition coefficient (Wildman–Crippen LogP) is 1.05. The van der Waals surface area contributed by atoms with E-state index in [9.17, 15) is 4.79 Å². The lowest BCUT2D eigenvalue weighted by atomic mass is 9.79. The fraction of sp³-hybridized carbons (Fsp3) is 0.667. The summed E-state index contributed by atoms with van der Waals surface area (Å²) in [7, 11) is 1.86. The van der Waals surface area contributed by atoms with Crippen LogP contribution >= 0.6 is 0 Å². The topological polar surface area (TPSA) is 60.9 Å². The largest absolute Gasteiger partial charge is 0.329 e. The summed E-state index contributed by atoms with van der Waals surface area (Å²) in [6.07, 6.45) is 8.33. The van der Waals surface area contributed by atoms with Crippen molar-refractivity contribution in [2.24, 2.45) is 18.2 Å². The number of carbonyl (C=O) groups is 1. The van der Waals surface area contributed by atoms with E-state index in [-0.39, 0.29) is 5.41 Å². The molecule has 1 saturated carbocycles. The van der Waals surface area contributed by atoms with Gasteiger partial charge in [0.25, 0.3) is 0 Å². The van der Waals surface area contributed by atoms with Gasteiger partial charge in [0, 0.05) is 31.6 Å². The molecule has 16 heavy (non-hydrogen) atoms. The van der Waals surface area contributed by atoms with Gasteiger partial charge in [-0.25, -0.2) is 0 Å². The number of hydrogen-bond donors (Lipinski definition) is 1. The minimum atomic E-state index is -0.240. The van der Waals surface area contributed by atoms with Gasteiger partial charge in [0.05, 0.1) is 6.20 Å². The fourth-order valence-corrected chi connectivity index (χ4v) is 2.58. The van der Waals surface area contributed by atoms with Gasteiger partial charge in [-0.1, -0.05) is 12.8 Å². The molecule has 0 atom stereocenters. The first-order valence-corrected chi connectivity index (χ1v) is 5.87. The molecule has 1 aliphatic carbocycles. The van der Waals surface area contributed by atoms with Crippen LogP contribution in [0.25, 0.3) is 0 Å². The molecule has 0 bridgehead atoms. The number of hydrogen-bond acceptors (Lipinski definition) is 3.